The summed E-state index contributed by atoms with van der Waals surface area (Å²) in [5, 5.41) is 9.72. The molecule has 0 fully saturated rings. The highest BCUT2D eigenvalue weighted by Crippen LogP contribution is 2.12. The minimum absolute atomic E-state index is 0.626. The monoisotopic (exact) mass is 254 g/mol. The van der Waals surface area contributed by atoms with E-state index in [4.69, 9.17) is 0 Å². The largest absolute Gasteiger partial charge is 0.513 e. The van der Waals surface area contributed by atoms with Gasteiger partial charge in [0.15, 0.2) is 0 Å². The molecule has 0 spiro atoms. The fourth-order valence-corrected chi connectivity index (χ4v) is 2.21. The summed E-state index contributed by atoms with van der Waals surface area (Å²) < 4.78 is 0. The Morgan fingerprint density at radius 1 is 0.722 bits per heavy atom. The van der Waals surface area contributed by atoms with Gasteiger partial charge >= 0.3 is 0 Å². The van der Waals surface area contributed by atoms with Gasteiger partial charge in [-0.05, 0) is 25.3 Å². The summed E-state index contributed by atoms with van der Waals surface area (Å²) in [6.07, 6.45) is 18.3. The van der Waals surface area contributed by atoms with Gasteiger partial charge in [0.1, 0.15) is 0 Å². The van der Waals surface area contributed by atoms with Crippen molar-refractivity contribution in [2.75, 3.05) is 0 Å². The second-order valence-electron chi connectivity index (χ2n) is 5.42. The van der Waals surface area contributed by atoms with Crippen molar-refractivity contribution in [3.8, 4) is 0 Å². The summed E-state index contributed by atoms with van der Waals surface area (Å²) in [6, 6.07) is 0. The highest BCUT2D eigenvalue weighted by atomic mass is 16.3. The Labute approximate surface area is 115 Å². The van der Waals surface area contributed by atoms with E-state index in [2.05, 4.69) is 13.8 Å². The third kappa shape index (κ3) is 13.6. The van der Waals surface area contributed by atoms with E-state index in [0.717, 1.165) is 19.3 Å². The van der Waals surface area contributed by atoms with Gasteiger partial charge in [-0.3, -0.25) is 0 Å². The van der Waals surface area contributed by atoms with E-state index >= 15 is 0 Å². The highest BCUT2D eigenvalue weighted by Gasteiger charge is 1.95. The van der Waals surface area contributed by atoms with Crippen molar-refractivity contribution in [1.82, 2.24) is 0 Å². The van der Waals surface area contributed by atoms with Crippen LogP contribution in [-0.4, -0.2) is 5.11 Å². The number of aliphatic hydroxyl groups is 1. The standard InChI is InChI=1S/C17H34O/c1-3-5-7-9-11-13-15-17(18)16-14-12-10-8-6-4-2/h15,18H,3-14,16H2,1-2H3. The minimum atomic E-state index is 0.626. The molecule has 1 heteroatoms. The van der Waals surface area contributed by atoms with Gasteiger partial charge in [-0.25, -0.2) is 0 Å². The molecule has 0 unspecified atom stereocenters. The highest BCUT2D eigenvalue weighted by molar-refractivity contribution is 4.90. The maximum absolute atomic E-state index is 9.72. The van der Waals surface area contributed by atoms with E-state index in [0.29, 0.717) is 5.76 Å². The van der Waals surface area contributed by atoms with Crippen LogP contribution >= 0.6 is 0 Å². The summed E-state index contributed by atoms with van der Waals surface area (Å²) in [7, 11) is 0. The number of rotatable bonds is 13. The van der Waals surface area contributed by atoms with Crippen molar-refractivity contribution in [3.63, 3.8) is 0 Å². The SMILES string of the molecule is CCCCCCCC=C(O)CCCCCCCC. The van der Waals surface area contributed by atoms with Gasteiger partial charge in [0.25, 0.3) is 0 Å². The molecular weight excluding hydrogens is 220 g/mol. The summed E-state index contributed by atoms with van der Waals surface area (Å²) in [4.78, 5) is 0. The number of hydrogen-bond donors (Lipinski definition) is 1. The van der Waals surface area contributed by atoms with Crippen LogP contribution in [0.3, 0.4) is 0 Å². The lowest BCUT2D eigenvalue weighted by molar-refractivity contribution is 0.376. The van der Waals surface area contributed by atoms with E-state index in [1.165, 1.54) is 64.2 Å². The average Bonchev–Trinajstić information content (AvgIpc) is 2.38. The molecule has 0 aliphatic rings. The molecule has 0 aliphatic heterocycles. The number of allylic oxidation sites excluding steroid dienone is 2. The van der Waals surface area contributed by atoms with E-state index in [1.54, 1.807) is 0 Å². The van der Waals surface area contributed by atoms with Crippen molar-refractivity contribution in [2.45, 2.75) is 97.3 Å². The van der Waals surface area contributed by atoms with Crippen molar-refractivity contribution >= 4 is 0 Å². The summed E-state index contributed by atoms with van der Waals surface area (Å²) in [5.74, 6) is 0.626. The Hall–Kier alpha value is -0.460. The van der Waals surface area contributed by atoms with Crippen LogP contribution in [0.1, 0.15) is 97.3 Å². The smallest absolute Gasteiger partial charge is 0.0882 e. The Morgan fingerprint density at radius 2 is 1.22 bits per heavy atom. The zero-order chi connectivity index (χ0) is 13.5. The van der Waals surface area contributed by atoms with Gasteiger partial charge in [-0.15, -0.1) is 0 Å². The number of hydrogen-bond acceptors (Lipinski definition) is 1. The predicted octanol–water partition coefficient (Wildman–Crippen LogP) is 6.54. The Kier molecular flexibility index (Phi) is 14.2. The summed E-state index contributed by atoms with van der Waals surface area (Å²) in [6.45, 7) is 4.49. The molecule has 0 aromatic rings. The molecule has 0 amide bonds. The summed E-state index contributed by atoms with van der Waals surface area (Å²) >= 11 is 0. The molecule has 108 valence electrons. The van der Waals surface area contributed by atoms with E-state index in [9.17, 15) is 5.11 Å². The van der Waals surface area contributed by atoms with E-state index in [-0.39, 0.29) is 0 Å². The third-order valence-corrected chi connectivity index (χ3v) is 3.47. The second kappa shape index (κ2) is 14.6. The van der Waals surface area contributed by atoms with Crippen LogP contribution in [0.15, 0.2) is 11.8 Å². The summed E-state index contributed by atoms with van der Waals surface area (Å²) in [5.41, 5.74) is 0. The molecule has 0 aromatic carbocycles. The number of aliphatic hydroxyl groups excluding tert-OH is 1. The first kappa shape index (κ1) is 17.5. The molecule has 1 nitrogen and oxygen atoms in total. The predicted molar refractivity (Wildman–Crippen MR) is 82.1 cm³/mol. The van der Waals surface area contributed by atoms with Crippen LogP contribution in [-0.2, 0) is 0 Å². The second-order valence-corrected chi connectivity index (χ2v) is 5.42. The first-order valence-corrected chi connectivity index (χ1v) is 8.19. The lowest BCUT2D eigenvalue weighted by atomic mass is 10.1. The molecule has 0 saturated carbocycles. The van der Waals surface area contributed by atoms with E-state index in [1.807, 2.05) is 6.08 Å². The van der Waals surface area contributed by atoms with Gasteiger partial charge < -0.3 is 5.11 Å². The first-order chi connectivity index (χ1) is 8.81. The maximum atomic E-state index is 9.72. The molecule has 0 rings (SSSR count). The first-order valence-electron chi connectivity index (χ1n) is 8.19. The van der Waals surface area contributed by atoms with Gasteiger partial charge in [0.2, 0.25) is 0 Å². The Balaban J connectivity index is 3.26. The van der Waals surface area contributed by atoms with E-state index < -0.39 is 0 Å². The average molecular weight is 254 g/mol. The molecule has 0 saturated heterocycles. The zero-order valence-electron chi connectivity index (χ0n) is 12.7. The van der Waals surface area contributed by atoms with Gasteiger partial charge in [0.05, 0.1) is 5.76 Å². The van der Waals surface area contributed by atoms with Crippen LogP contribution in [0.4, 0.5) is 0 Å². The van der Waals surface area contributed by atoms with Gasteiger partial charge in [-0.2, -0.15) is 0 Å². The lowest BCUT2D eigenvalue weighted by Crippen LogP contribution is -1.85. The van der Waals surface area contributed by atoms with Gasteiger partial charge in [0, 0.05) is 6.42 Å². The van der Waals surface area contributed by atoms with Crippen molar-refractivity contribution in [3.05, 3.63) is 11.8 Å². The maximum Gasteiger partial charge on any atom is 0.0882 e. The Morgan fingerprint density at radius 3 is 1.83 bits per heavy atom. The van der Waals surface area contributed by atoms with Crippen LogP contribution in [0.25, 0.3) is 0 Å². The van der Waals surface area contributed by atoms with Crippen molar-refractivity contribution in [1.29, 1.82) is 0 Å². The molecule has 0 radical (unpaired) electrons. The molecule has 1 N–H and O–H groups in total. The molecule has 0 aromatic heterocycles. The van der Waals surface area contributed by atoms with Crippen LogP contribution in [0.5, 0.6) is 0 Å². The van der Waals surface area contributed by atoms with Crippen LogP contribution in [0.2, 0.25) is 0 Å². The zero-order valence-corrected chi connectivity index (χ0v) is 12.7. The van der Waals surface area contributed by atoms with Crippen LogP contribution in [0, 0.1) is 0 Å². The molecule has 0 bridgehead atoms. The number of unbranched alkanes of at least 4 members (excludes halogenated alkanes) is 10. The normalized spacial score (nSPS) is 12.0. The quantitative estimate of drug-likeness (QED) is 0.292. The molecule has 0 atom stereocenters. The minimum Gasteiger partial charge on any atom is -0.513 e. The topological polar surface area (TPSA) is 20.2 Å². The van der Waals surface area contributed by atoms with Gasteiger partial charge in [-0.1, -0.05) is 71.6 Å². The fraction of sp³-hybridized carbons (Fsp3) is 0.882. The van der Waals surface area contributed by atoms with Crippen molar-refractivity contribution < 1.29 is 5.11 Å². The van der Waals surface area contributed by atoms with Crippen LogP contribution < -0.4 is 0 Å². The van der Waals surface area contributed by atoms with Crippen molar-refractivity contribution in [2.24, 2.45) is 0 Å². The fourth-order valence-electron chi connectivity index (χ4n) is 2.21. The third-order valence-electron chi connectivity index (χ3n) is 3.47. The lowest BCUT2D eigenvalue weighted by Gasteiger charge is -2.02. The molecule has 0 heterocycles. The molecule has 18 heavy (non-hydrogen) atoms. The Bertz CT molecular complexity index is 184. The molecular formula is C17H34O. The molecule has 0 aliphatic carbocycles.